The van der Waals surface area contributed by atoms with E-state index in [1.165, 1.54) is 54.4 Å². The van der Waals surface area contributed by atoms with E-state index >= 15 is 9.59 Å². The summed E-state index contributed by atoms with van der Waals surface area (Å²) in [6.45, 7) is 11.9. The van der Waals surface area contributed by atoms with E-state index in [9.17, 15) is 38.4 Å². The van der Waals surface area contributed by atoms with Gasteiger partial charge in [0.2, 0.25) is 35.4 Å². The molecule has 4 aromatic rings. The Balaban J connectivity index is 1.43. The lowest BCUT2D eigenvalue weighted by molar-refractivity contribution is -0.161. The number of nitrogens with one attached hydrogen (secondary N) is 4. The molecule has 2 saturated heterocycles. The third kappa shape index (κ3) is 14.5. The molecule has 0 spiro atoms. The Morgan fingerprint density at radius 3 is 1.21 bits per heavy atom. The second-order valence-electron chi connectivity index (χ2n) is 20.8. The van der Waals surface area contributed by atoms with Crippen LogP contribution in [0.4, 0.5) is 0 Å². The SMILES string of the molecule is CC(C)[C@@H](C)[C@H]1C(=O)OC[C@@H](NC(=O)c2cnc3ccccc3n2)C(=O)N[C@@H](C)C(=O)N(C)[C@H]2CSSC[C@@H](C(=O)N1C)N(C)C(=O)[C@H](C)NC(=O)[C@H](NC(=O)c1cnc3ccccc3n1)COC(=O)[C@H]([C@H](C)C(C)C)N(C)C2=O. The summed E-state index contributed by atoms with van der Waals surface area (Å²) < 4.78 is 11.7. The Bertz CT molecular complexity index is 2810. The maximum atomic E-state index is 15.1. The molecule has 0 aliphatic carbocycles. The molecule has 2 aliphatic heterocycles. The van der Waals surface area contributed by atoms with Gasteiger partial charge in [-0.2, -0.15) is 0 Å². The number of aromatic nitrogens is 4. The van der Waals surface area contributed by atoms with Gasteiger partial charge in [0.25, 0.3) is 11.8 Å². The minimum absolute atomic E-state index is 0.161. The summed E-state index contributed by atoms with van der Waals surface area (Å²) in [5.41, 5.74) is 1.39. The summed E-state index contributed by atoms with van der Waals surface area (Å²) in [7, 11) is 7.59. The monoisotopic (exact) mass is 1140 g/mol. The zero-order valence-electron chi connectivity index (χ0n) is 46.8. The molecule has 24 nitrogen and oxygen atoms in total. The number of fused-ring (bicyclic) bond motifs is 7. The summed E-state index contributed by atoms with van der Waals surface area (Å²) in [6.07, 6.45) is 2.42. The second-order valence-corrected chi connectivity index (χ2v) is 23.3. The predicted octanol–water partition coefficient (Wildman–Crippen LogP) is 1.87. The number of ether oxygens (including phenoxy) is 2. The van der Waals surface area contributed by atoms with Gasteiger partial charge in [0.15, 0.2) is 0 Å². The number of carbonyl (C=O) groups is 10. The van der Waals surface area contributed by atoms with Crippen LogP contribution >= 0.6 is 21.6 Å². The van der Waals surface area contributed by atoms with Crippen LogP contribution in [-0.2, 0) is 47.8 Å². The van der Waals surface area contributed by atoms with Gasteiger partial charge in [-0.15, -0.1) is 0 Å². The van der Waals surface area contributed by atoms with Gasteiger partial charge in [-0.3, -0.25) is 48.3 Å². The van der Waals surface area contributed by atoms with Crippen molar-refractivity contribution in [3.8, 4) is 0 Å². The molecule has 4 N–H and O–H groups in total. The van der Waals surface area contributed by atoms with E-state index in [-0.39, 0.29) is 34.7 Å². The zero-order chi connectivity index (χ0) is 58.9. The molecule has 10 atom stereocenters. The van der Waals surface area contributed by atoms with Gasteiger partial charge in [-0.1, -0.05) is 87.4 Å². The number of hydrogen-bond acceptors (Lipinski definition) is 18. The van der Waals surface area contributed by atoms with Crippen molar-refractivity contribution in [1.82, 2.24) is 60.8 Å². The Kier molecular flexibility index (Phi) is 20.9. The number of carbonyl (C=O) groups excluding carboxylic acids is 10. The van der Waals surface area contributed by atoms with Gasteiger partial charge in [0.05, 0.1) is 34.5 Å². The minimum Gasteiger partial charge on any atom is -0.461 e. The van der Waals surface area contributed by atoms with Gasteiger partial charge in [0.1, 0.15) is 72.9 Å². The fraction of sp³-hybridized carbons (Fsp3) is 0.519. The van der Waals surface area contributed by atoms with Crippen molar-refractivity contribution >= 4 is 103 Å². The highest BCUT2D eigenvalue weighted by molar-refractivity contribution is 8.76. The number of hydrogen-bond donors (Lipinski definition) is 4. The lowest BCUT2D eigenvalue weighted by atomic mass is 9.89. The molecule has 2 fully saturated rings. The lowest BCUT2D eigenvalue weighted by Gasteiger charge is -2.39. The molecule has 6 rings (SSSR count). The quantitative estimate of drug-likeness (QED) is 0.145. The number of amides is 8. The van der Waals surface area contributed by atoms with Gasteiger partial charge in [-0.25, -0.2) is 19.6 Å². The van der Waals surface area contributed by atoms with Crippen LogP contribution < -0.4 is 21.3 Å². The molecule has 2 aromatic carbocycles. The van der Waals surface area contributed by atoms with Crippen molar-refractivity contribution in [3.63, 3.8) is 0 Å². The summed E-state index contributed by atoms with van der Waals surface area (Å²) in [5, 5.41) is 10.3. The third-order valence-corrected chi connectivity index (χ3v) is 17.1. The van der Waals surface area contributed by atoms with Gasteiger partial charge < -0.3 is 50.3 Å². The van der Waals surface area contributed by atoms with E-state index in [2.05, 4.69) is 41.2 Å². The number of esters is 2. The number of nitrogens with zero attached hydrogens (tertiary/aromatic N) is 8. The molecule has 0 saturated carbocycles. The molecule has 2 bridgehead atoms. The van der Waals surface area contributed by atoms with Crippen LogP contribution in [0.5, 0.6) is 0 Å². The number of rotatable bonds is 8. The smallest absolute Gasteiger partial charge is 0.329 e. The van der Waals surface area contributed by atoms with Crippen LogP contribution in [0, 0.1) is 23.7 Å². The first-order valence-corrected chi connectivity index (χ1v) is 28.6. The molecular weight excluding hydrogens is 1070 g/mol. The number of likely N-dealkylation sites (N-methyl/N-ethyl adjacent to an activating group) is 4. The summed E-state index contributed by atoms with van der Waals surface area (Å²) in [5.74, 6) is -10.7. The van der Waals surface area contributed by atoms with E-state index in [0.29, 0.717) is 22.1 Å². The standard InChI is InChI=1S/C54H70N12O12S2/c1-27(2)29(5)43-53(75)77-23-39(61-45(67)37-21-55-33-17-13-15-19-35(33)59-37)47(69)57-32(8)50(72)64(10)42-26-80-79-25-41(51(73)65(43)11)63(9)49(71)31(7)58-48(70)40(24-78-54(76)44(30(6)28(3)4)66(12)52(42)74)62-46(68)38-22-56-34-18-14-16-20-36(34)60-38/h13-22,27-32,39-44H,23-26H2,1-12H3,(H,57,69)(H,58,70)(H,61,67)(H,62,68)/t29-,30-,31+,32+,39-,40-,41+,42+,43+,44+/m1/s1. The highest BCUT2D eigenvalue weighted by Gasteiger charge is 2.44. The van der Waals surface area contributed by atoms with Crippen LogP contribution in [0.15, 0.2) is 60.9 Å². The number of para-hydroxylation sites is 4. The molecule has 80 heavy (non-hydrogen) atoms. The lowest BCUT2D eigenvalue weighted by Crippen LogP contribution is -2.61. The molecule has 8 amide bonds. The maximum Gasteiger partial charge on any atom is 0.329 e. The highest BCUT2D eigenvalue weighted by Crippen LogP contribution is 2.30. The average Bonchev–Trinajstić information content (AvgIpc) is 3.48. The fourth-order valence-corrected chi connectivity index (χ4v) is 11.5. The predicted molar refractivity (Wildman–Crippen MR) is 298 cm³/mol. The third-order valence-electron chi connectivity index (χ3n) is 14.7. The molecule has 4 heterocycles. The first kappa shape index (κ1) is 61.7. The normalized spacial score (nSPS) is 24.9. The molecule has 0 radical (unpaired) electrons. The van der Waals surface area contributed by atoms with Crippen LogP contribution in [0.1, 0.15) is 76.4 Å². The largest absolute Gasteiger partial charge is 0.461 e. The first-order valence-electron chi connectivity index (χ1n) is 26.1. The van der Waals surface area contributed by atoms with Gasteiger partial charge in [0, 0.05) is 39.7 Å². The van der Waals surface area contributed by atoms with Crippen LogP contribution in [0.3, 0.4) is 0 Å². The van der Waals surface area contributed by atoms with Crippen molar-refractivity contribution in [2.45, 2.75) is 104 Å². The number of benzene rings is 2. The van der Waals surface area contributed by atoms with Crippen molar-refractivity contribution in [3.05, 3.63) is 72.3 Å². The van der Waals surface area contributed by atoms with Gasteiger partial charge >= 0.3 is 11.9 Å². The Morgan fingerprint density at radius 2 is 0.875 bits per heavy atom. The van der Waals surface area contributed by atoms with E-state index in [1.807, 2.05) is 27.7 Å². The summed E-state index contributed by atoms with van der Waals surface area (Å²) in [6, 6.07) is 2.06. The van der Waals surface area contributed by atoms with E-state index in [1.54, 1.807) is 62.4 Å². The molecule has 26 heteroatoms. The minimum atomic E-state index is -1.66. The topological polar surface area (TPSA) is 302 Å². The van der Waals surface area contributed by atoms with Crippen LogP contribution in [0.2, 0.25) is 0 Å². The van der Waals surface area contributed by atoms with Crippen molar-refractivity contribution < 1.29 is 57.4 Å². The van der Waals surface area contributed by atoms with Gasteiger partial charge in [-0.05, 0) is 61.8 Å². The molecule has 430 valence electrons. The van der Waals surface area contributed by atoms with E-state index in [4.69, 9.17) is 9.47 Å². The molecule has 0 unspecified atom stereocenters. The van der Waals surface area contributed by atoms with Crippen molar-refractivity contribution in [2.24, 2.45) is 23.7 Å². The average molecular weight is 1140 g/mol. The van der Waals surface area contributed by atoms with Crippen LogP contribution in [-0.4, -0.2) is 200 Å². The first-order chi connectivity index (χ1) is 37.8. The van der Waals surface area contributed by atoms with Crippen LogP contribution in [0.25, 0.3) is 22.1 Å². The Morgan fingerprint density at radius 1 is 0.537 bits per heavy atom. The highest BCUT2D eigenvalue weighted by atomic mass is 33.1. The Hall–Kier alpha value is -7.48. The fourth-order valence-electron chi connectivity index (χ4n) is 8.98. The molecular formula is C54H70N12O12S2. The summed E-state index contributed by atoms with van der Waals surface area (Å²) in [4.78, 5) is 167. The molecule has 2 aromatic heterocycles. The molecule has 2 aliphatic rings. The number of cyclic esters (lactones) is 2. The van der Waals surface area contributed by atoms with Crippen molar-refractivity contribution in [1.29, 1.82) is 0 Å². The van der Waals surface area contributed by atoms with E-state index < -0.39 is 133 Å². The zero-order valence-corrected chi connectivity index (χ0v) is 48.5. The van der Waals surface area contributed by atoms with E-state index in [0.717, 1.165) is 41.2 Å². The Labute approximate surface area is 471 Å². The second kappa shape index (κ2) is 27.1. The summed E-state index contributed by atoms with van der Waals surface area (Å²) >= 11 is 0. The van der Waals surface area contributed by atoms with Crippen molar-refractivity contribution in [2.75, 3.05) is 52.9 Å². The maximum absolute atomic E-state index is 15.1.